The van der Waals surface area contributed by atoms with Gasteiger partial charge in [0.05, 0.1) is 6.10 Å². The molecule has 0 aromatic carbocycles. The Kier molecular flexibility index (Phi) is 3.12. The summed E-state index contributed by atoms with van der Waals surface area (Å²) in [6, 6.07) is 0.592. The van der Waals surface area contributed by atoms with E-state index in [1.54, 1.807) is 0 Å². The fourth-order valence-corrected chi connectivity index (χ4v) is 2.96. The molecule has 0 spiro atoms. The summed E-state index contributed by atoms with van der Waals surface area (Å²) >= 11 is 6.24. The van der Waals surface area contributed by atoms with Crippen LogP contribution in [0.5, 0.6) is 0 Å². The van der Waals surface area contributed by atoms with Gasteiger partial charge in [-0.1, -0.05) is 6.42 Å². The van der Waals surface area contributed by atoms with Gasteiger partial charge in [-0.25, -0.2) is 0 Å². The van der Waals surface area contributed by atoms with Crippen LogP contribution >= 0.6 is 11.6 Å². The predicted octanol–water partition coefficient (Wildman–Crippen LogP) is 1.60. The van der Waals surface area contributed by atoms with Crippen LogP contribution in [0.15, 0.2) is 0 Å². The molecular formula is C10H18ClNO. The second-order valence-electron chi connectivity index (χ2n) is 4.28. The van der Waals surface area contributed by atoms with E-state index in [9.17, 15) is 5.11 Å². The number of aliphatic hydroxyl groups excluding tert-OH is 1. The smallest absolute Gasteiger partial charge is 0.0564 e. The van der Waals surface area contributed by atoms with E-state index in [1.807, 2.05) is 0 Å². The van der Waals surface area contributed by atoms with Gasteiger partial charge in [0.15, 0.2) is 0 Å². The zero-order chi connectivity index (χ0) is 9.26. The van der Waals surface area contributed by atoms with Crippen LogP contribution in [0.4, 0.5) is 0 Å². The van der Waals surface area contributed by atoms with Crippen molar-refractivity contribution in [3.63, 3.8) is 0 Å². The van der Waals surface area contributed by atoms with Gasteiger partial charge in [-0.15, -0.1) is 11.6 Å². The largest absolute Gasteiger partial charge is 0.393 e. The molecule has 0 aromatic rings. The molecule has 3 heteroatoms. The van der Waals surface area contributed by atoms with Crippen LogP contribution in [-0.2, 0) is 0 Å². The third-order valence-electron chi connectivity index (χ3n) is 3.37. The first kappa shape index (κ1) is 9.75. The van der Waals surface area contributed by atoms with Crippen molar-refractivity contribution in [2.75, 3.05) is 13.1 Å². The summed E-state index contributed by atoms with van der Waals surface area (Å²) in [7, 11) is 0. The van der Waals surface area contributed by atoms with Crippen LogP contribution in [0, 0.1) is 0 Å². The molecule has 0 radical (unpaired) electrons. The molecule has 2 aliphatic rings. The lowest BCUT2D eigenvalue weighted by molar-refractivity contribution is 0.0628. The maximum Gasteiger partial charge on any atom is 0.0564 e. The number of alkyl halides is 1. The van der Waals surface area contributed by atoms with Gasteiger partial charge in [-0.05, 0) is 25.7 Å². The van der Waals surface area contributed by atoms with E-state index in [0.29, 0.717) is 11.4 Å². The zero-order valence-electron chi connectivity index (χ0n) is 7.95. The summed E-state index contributed by atoms with van der Waals surface area (Å²) in [5.41, 5.74) is 0. The lowest BCUT2D eigenvalue weighted by Crippen LogP contribution is -2.44. The molecule has 13 heavy (non-hydrogen) atoms. The highest BCUT2D eigenvalue weighted by atomic mass is 35.5. The van der Waals surface area contributed by atoms with E-state index in [0.717, 1.165) is 25.9 Å². The second-order valence-corrected chi connectivity index (χ2v) is 4.84. The molecule has 2 unspecified atom stereocenters. The fourth-order valence-electron chi connectivity index (χ4n) is 2.52. The van der Waals surface area contributed by atoms with Crippen LogP contribution in [0.25, 0.3) is 0 Å². The van der Waals surface area contributed by atoms with E-state index in [1.165, 1.54) is 19.3 Å². The SMILES string of the molecule is OC1CCN(C2CCCC2Cl)CC1. The Morgan fingerprint density at radius 3 is 2.31 bits per heavy atom. The number of rotatable bonds is 1. The Hall–Kier alpha value is 0.210. The number of aliphatic hydroxyl groups is 1. The molecule has 76 valence electrons. The Labute approximate surface area is 84.9 Å². The minimum absolute atomic E-state index is 0.0635. The molecule has 2 fully saturated rings. The highest BCUT2D eigenvalue weighted by Crippen LogP contribution is 2.30. The average molecular weight is 204 g/mol. The van der Waals surface area contributed by atoms with Crippen molar-refractivity contribution < 1.29 is 5.11 Å². The molecule has 2 atom stereocenters. The first-order valence-corrected chi connectivity index (χ1v) is 5.77. The highest BCUT2D eigenvalue weighted by molar-refractivity contribution is 6.21. The number of hydrogen-bond donors (Lipinski definition) is 1. The number of halogens is 1. The predicted molar refractivity (Wildman–Crippen MR) is 54.1 cm³/mol. The Morgan fingerprint density at radius 2 is 1.77 bits per heavy atom. The number of hydrogen-bond acceptors (Lipinski definition) is 2. The molecular weight excluding hydrogens is 186 g/mol. The molecule has 1 aliphatic heterocycles. The summed E-state index contributed by atoms with van der Waals surface area (Å²) < 4.78 is 0. The van der Waals surface area contributed by atoms with Crippen molar-refractivity contribution >= 4 is 11.6 Å². The monoisotopic (exact) mass is 203 g/mol. The molecule has 2 nitrogen and oxygen atoms in total. The topological polar surface area (TPSA) is 23.5 Å². The molecule has 0 bridgehead atoms. The Morgan fingerprint density at radius 1 is 1.08 bits per heavy atom. The molecule has 2 rings (SSSR count). The quantitative estimate of drug-likeness (QED) is 0.655. The van der Waals surface area contributed by atoms with Gasteiger partial charge >= 0.3 is 0 Å². The first-order valence-electron chi connectivity index (χ1n) is 5.33. The van der Waals surface area contributed by atoms with E-state index in [-0.39, 0.29) is 6.10 Å². The van der Waals surface area contributed by atoms with E-state index < -0.39 is 0 Å². The highest BCUT2D eigenvalue weighted by Gasteiger charge is 2.32. The third-order valence-corrected chi connectivity index (χ3v) is 3.87. The summed E-state index contributed by atoms with van der Waals surface area (Å²) in [6.45, 7) is 2.07. The molecule has 1 N–H and O–H groups in total. The molecule has 1 saturated heterocycles. The van der Waals surface area contributed by atoms with Gasteiger partial charge in [0.25, 0.3) is 0 Å². The van der Waals surface area contributed by atoms with Crippen LogP contribution in [0.2, 0.25) is 0 Å². The summed E-state index contributed by atoms with van der Waals surface area (Å²) in [5, 5.41) is 9.73. The van der Waals surface area contributed by atoms with Gasteiger partial charge in [-0.2, -0.15) is 0 Å². The van der Waals surface area contributed by atoms with E-state index in [2.05, 4.69) is 4.90 Å². The van der Waals surface area contributed by atoms with Crippen molar-refractivity contribution in [2.24, 2.45) is 0 Å². The number of likely N-dealkylation sites (tertiary alicyclic amines) is 1. The van der Waals surface area contributed by atoms with Gasteiger partial charge < -0.3 is 5.11 Å². The molecule has 1 heterocycles. The standard InChI is InChI=1S/C10H18ClNO/c11-9-2-1-3-10(9)12-6-4-8(13)5-7-12/h8-10,13H,1-7H2. The third kappa shape index (κ3) is 2.17. The average Bonchev–Trinajstić information content (AvgIpc) is 2.53. The van der Waals surface area contributed by atoms with E-state index >= 15 is 0 Å². The Balaban J connectivity index is 1.86. The number of nitrogens with zero attached hydrogens (tertiary/aromatic N) is 1. The Bertz CT molecular complexity index is 168. The van der Waals surface area contributed by atoms with Crippen LogP contribution in [0.1, 0.15) is 32.1 Å². The van der Waals surface area contributed by atoms with Gasteiger partial charge in [0.2, 0.25) is 0 Å². The van der Waals surface area contributed by atoms with Gasteiger partial charge in [0.1, 0.15) is 0 Å². The minimum atomic E-state index is -0.0635. The normalized spacial score (nSPS) is 38.3. The fraction of sp³-hybridized carbons (Fsp3) is 1.00. The maximum atomic E-state index is 9.38. The van der Waals surface area contributed by atoms with Crippen LogP contribution in [0.3, 0.4) is 0 Å². The molecule has 1 saturated carbocycles. The van der Waals surface area contributed by atoms with Crippen molar-refractivity contribution in [3.8, 4) is 0 Å². The first-order chi connectivity index (χ1) is 6.27. The maximum absolute atomic E-state index is 9.38. The molecule has 0 aromatic heterocycles. The van der Waals surface area contributed by atoms with Crippen LogP contribution < -0.4 is 0 Å². The van der Waals surface area contributed by atoms with Gasteiger partial charge in [0, 0.05) is 24.5 Å². The van der Waals surface area contributed by atoms with E-state index in [4.69, 9.17) is 11.6 Å². The van der Waals surface area contributed by atoms with Crippen molar-refractivity contribution in [2.45, 2.75) is 49.6 Å². The van der Waals surface area contributed by atoms with Crippen LogP contribution in [-0.4, -0.2) is 40.6 Å². The lowest BCUT2D eigenvalue weighted by atomic mass is 10.1. The summed E-state index contributed by atoms with van der Waals surface area (Å²) in [4.78, 5) is 2.47. The minimum Gasteiger partial charge on any atom is -0.393 e. The second kappa shape index (κ2) is 4.16. The molecule has 1 aliphatic carbocycles. The van der Waals surface area contributed by atoms with Crippen molar-refractivity contribution in [3.05, 3.63) is 0 Å². The van der Waals surface area contributed by atoms with Gasteiger partial charge in [-0.3, -0.25) is 4.90 Å². The zero-order valence-corrected chi connectivity index (χ0v) is 8.71. The summed E-state index contributed by atoms with van der Waals surface area (Å²) in [6.07, 6.45) is 5.50. The summed E-state index contributed by atoms with van der Waals surface area (Å²) in [5.74, 6) is 0. The molecule has 0 amide bonds. The number of piperidine rings is 1. The van der Waals surface area contributed by atoms with Crippen molar-refractivity contribution in [1.29, 1.82) is 0 Å². The lowest BCUT2D eigenvalue weighted by Gasteiger charge is -2.35. The van der Waals surface area contributed by atoms with Crippen molar-refractivity contribution in [1.82, 2.24) is 4.90 Å².